The molecular formula is C21H39N5O4. The summed E-state index contributed by atoms with van der Waals surface area (Å²) < 4.78 is 16.5. The van der Waals surface area contributed by atoms with Gasteiger partial charge in [-0.2, -0.15) is 0 Å². The molecule has 3 saturated heterocycles. The molecule has 1 unspecified atom stereocenters. The van der Waals surface area contributed by atoms with Crippen LogP contribution in [0.3, 0.4) is 0 Å². The monoisotopic (exact) mass is 425 g/mol. The van der Waals surface area contributed by atoms with Crippen LogP contribution in [-0.4, -0.2) is 125 Å². The molecule has 3 fully saturated rings. The zero-order valence-electron chi connectivity index (χ0n) is 18.5. The highest BCUT2D eigenvalue weighted by Crippen LogP contribution is 2.12. The van der Waals surface area contributed by atoms with Crippen molar-refractivity contribution < 1.29 is 19.0 Å². The molecule has 0 aromatic heterocycles. The van der Waals surface area contributed by atoms with Crippen LogP contribution in [-0.2, 0) is 19.0 Å². The summed E-state index contributed by atoms with van der Waals surface area (Å²) >= 11 is 0. The Balaban J connectivity index is 1.33. The minimum absolute atomic E-state index is 0.219. The van der Waals surface area contributed by atoms with Crippen molar-refractivity contribution in [1.29, 1.82) is 0 Å². The predicted molar refractivity (Wildman–Crippen MR) is 116 cm³/mol. The summed E-state index contributed by atoms with van der Waals surface area (Å²) in [6.07, 6.45) is 2.04. The second-order valence-electron chi connectivity index (χ2n) is 8.15. The number of nitrogens with zero attached hydrogens (tertiary/aromatic N) is 4. The van der Waals surface area contributed by atoms with Crippen molar-refractivity contribution in [2.45, 2.75) is 19.8 Å². The number of piperazine rings is 1. The van der Waals surface area contributed by atoms with E-state index in [4.69, 9.17) is 19.2 Å². The smallest absolute Gasteiger partial charge is 0.236 e. The van der Waals surface area contributed by atoms with Crippen LogP contribution in [0, 0.1) is 5.92 Å². The predicted octanol–water partition coefficient (Wildman–Crippen LogP) is -0.128. The summed E-state index contributed by atoms with van der Waals surface area (Å²) in [6.45, 7) is 13.8. The molecule has 0 aromatic rings. The molecule has 0 aliphatic carbocycles. The van der Waals surface area contributed by atoms with Gasteiger partial charge in [-0.1, -0.05) is 0 Å². The van der Waals surface area contributed by atoms with Crippen LogP contribution >= 0.6 is 0 Å². The molecule has 3 aliphatic rings. The first-order valence-corrected chi connectivity index (χ1v) is 11.5. The maximum Gasteiger partial charge on any atom is 0.236 e. The fourth-order valence-electron chi connectivity index (χ4n) is 3.96. The number of ether oxygens (including phenoxy) is 3. The van der Waals surface area contributed by atoms with Crippen LogP contribution in [0.15, 0.2) is 4.99 Å². The molecule has 1 N–H and O–H groups in total. The maximum absolute atomic E-state index is 12.5. The third-order valence-corrected chi connectivity index (χ3v) is 5.82. The van der Waals surface area contributed by atoms with Crippen molar-refractivity contribution in [2.75, 3.05) is 98.5 Å². The summed E-state index contributed by atoms with van der Waals surface area (Å²) in [7, 11) is 0. The van der Waals surface area contributed by atoms with Crippen molar-refractivity contribution in [3.05, 3.63) is 0 Å². The van der Waals surface area contributed by atoms with Gasteiger partial charge in [-0.3, -0.25) is 14.7 Å². The Morgan fingerprint density at radius 1 is 1.07 bits per heavy atom. The number of guanidine groups is 1. The fraction of sp³-hybridized carbons (Fsp3) is 0.905. The zero-order valence-corrected chi connectivity index (χ0v) is 18.5. The molecular weight excluding hydrogens is 386 g/mol. The van der Waals surface area contributed by atoms with Gasteiger partial charge in [0.05, 0.1) is 33.0 Å². The maximum atomic E-state index is 12.5. The van der Waals surface area contributed by atoms with Crippen LogP contribution in [0.1, 0.15) is 19.8 Å². The van der Waals surface area contributed by atoms with Gasteiger partial charge in [0.2, 0.25) is 5.91 Å². The normalized spacial score (nSPS) is 23.8. The minimum Gasteiger partial charge on any atom is -0.381 e. The molecule has 3 rings (SSSR count). The molecule has 1 atom stereocenters. The molecule has 3 heterocycles. The molecule has 0 radical (unpaired) electrons. The van der Waals surface area contributed by atoms with E-state index < -0.39 is 0 Å². The van der Waals surface area contributed by atoms with Gasteiger partial charge >= 0.3 is 0 Å². The lowest BCUT2D eigenvalue weighted by Crippen LogP contribution is -2.54. The highest BCUT2D eigenvalue weighted by molar-refractivity contribution is 5.80. The Hall–Kier alpha value is -1.42. The SMILES string of the molecule is CCNC(=NCCCOCC1CCOC1)N1CCN(CC(=O)N2CCOCC2)CC1. The van der Waals surface area contributed by atoms with E-state index in [1.54, 1.807) is 0 Å². The number of morpholine rings is 1. The number of nitrogens with one attached hydrogen (secondary N) is 1. The Morgan fingerprint density at radius 2 is 1.87 bits per heavy atom. The Kier molecular flexibility index (Phi) is 10.1. The van der Waals surface area contributed by atoms with E-state index in [1.807, 2.05) is 4.90 Å². The molecule has 0 saturated carbocycles. The van der Waals surface area contributed by atoms with Gasteiger partial charge in [-0.05, 0) is 19.8 Å². The summed E-state index contributed by atoms with van der Waals surface area (Å²) in [5, 5.41) is 3.41. The van der Waals surface area contributed by atoms with Crippen LogP contribution in [0.2, 0.25) is 0 Å². The van der Waals surface area contributed by atoms with Crippen LogP contribution < -0.4 is 5.32 Å². The molecule has 3 aliphatic heterocycles. The van der Waals surface area contributed by atoms with Crippen molar-refractivity contribution >= 4 is 11.9 Å². The van der Waals surface area contributed by atoms with Gasteiger partial charge in [-0.25, -0.2) is 0 Å². The van der Waals surface area contributed by atoms with E-state index in [-0.39, 0.29) is 5.91 Å². The van der Waals surface area contributed by atoms with E-state index in [1.165, 1.54) is 0 Å². The highest BCUT2D eigenvalue weighted by atomic mass is 16.5. The second kappa shape index (κ2) is 13.1. The first kappa shape index (κ1) is 23.2. The van der Waals surface area contributed by atoms with Crippen molar-refractivity contribution in [1.82, 2.24) is 20.0 Å². The fourth-order valence-corrected chi connectivity index (χ4v) is 3.96. The van der Waals surface area contributed by atoms with E-state index in [0.717, 1.165) is 84.5 Å². The minimum atomic E-state index is 0.219. The molecule has 172 valence electrons. The molecule has 0 spiro atoms. The van der Waals surface area contributed by atoms with Gasteiger partial charge in [-0.15, -0.1) is 0 Å². The highest BCUT2D eigenvalue weighted by Gasteiger charge is 2.24. The zero-order chi connectivity index (χ0) is 21.0. The summed E-state index contributed by atoms with van der Waals surface area (Å²) in [6, 6.07) is 0. The number of hydrogen-bond donors (Lipinski definition) is 1. The lowest BCUT2D eigenvalue weighted by molar-refractivity contribution is -0.136. The van der Waals surface area contributed by atoms with Gasteiger partial charge in [0.25, 0.3) is 0 Å². The number of carbonyl (C=O) groups excluding carboxylic acids is 1. The molecule has 9 nitrogen and oxygen atoms in total. The first-order chi connectivity index (χ1) is 14.8. The number of carbonyl (C=O) groups is 1. The first-order valence-electron chi connectivity index (χ1n) is 11.5. The summed E-state index contributed by atoms with van der Waals surface area (Å²) in [4.78, 5) is 23.7. The largest absolute Gasteiger partial charge is 0.381 e. The average Bonchev–Trinajstić information content (AvgIpc) is 3.30. The van der Waals surface area contributed by atoms with E-state index in [0.29, 0.717) is 38.8 Å². The van der Waals surface area contributed by atoms with Crippen LogP contribution in [0.25, 0.3) is 0 Å². The van der Waals surface area contributed by atoms with E-state index in [9.17, 15) is 4.79 Å². The average molecular weight is 426 g/mol. The van der Waals surface area contributed by atoms with Crippen molar-refractivity contribution in [3.63, 3.8) is 0 Å². The molecule has 0 bridgehead atoms. The van der Waals surface area contributed by atoms with Crippen LogP contribution in [0.5, 0.6) is 0 Å². The number of rotatable bonds is 9. The topological polar surface area (TPSA) is 78.9 Å². The van der Waals surface area contributed by atoms with Gasteiger partial charge in [0.15, 0.2) is 5.96 Å². The standard InChI is InChI=1S/C21H39N5O4/c1-2-22-21(23-5-3-12-29-17-19-4-13-30-18-19)26-8-6-24(7-9-26)16-20(27)25-10-14-28-15-11-25/h19H,2-18H2,1H3,(H,22,23). The lowest BCUT2D eigenvalue weighted by atomic mass is 10.1. The van der Waals surface area contributed by atoms with Crippen molar-refractivity contribution in [2.24, 2.45) is 10.9 Å². The van der Waals surface area contributed by atoms with Crippen LogP contribution in [0.4, 0.5) is 0 Å². The third kappa shape index (κ3) is 7.68. The third-order valence-electron chi connectivity index (χ3n) is 5.82. The van der Waals surface area contributed by atoms with Gasteiger partial charge in [0.1, 0.15) is 0 Å². The summed E-state index contributed by atoms with van der Waals surface area (Å²) in [5.74, 6) is 1.76. The molecule has 9 heteroatoms. The molecule has 1 amide bonds. The Morgan fingerprint density at radius 3 is 2.57 bits per heavy atom. The van der Waals surface area contributed by atoms with Crippen molar-refractivity contribution in [3.8, 4) is 0 Å². The number of hydrogen-bond acceptors (Lipinski definition) is 6. The van der Waals surface area contributed by atoms with E-state index in [2.05, 4.69) is 22.0 Å². The number of amides is 1. The quantitative estimate of drug-likeness (QED) is 0.313. The Bertz CT molecular complexity index is 527. The number of aliphatic imine (C=N–C) groups is 1. The molecule has 0 aromatic carbocycles. The van der Waals surface area contributed by atoms with Gasteiger partial charge in [0, 0.05) is 71.5 Å². The lowest BCUT2D eigenvalue weighted by Gasteiger charge is -2.37. The Labute approximate surface area is 180 Å². The summed E-state index contributed by atoms with van der Waals surface area (Å²) in [5.41, 5.74) is 0. The second-order valence-corrected chi connectivity index (χ2v) is 8.15. The molecule has 30 heavy (non-hydrogen) atoms. The van der Waals surface area contributed by atoms with Gasteiger partial charge < -0.3 is 29.3 Å². The van der Waals surface area contributed by atoms with E-state index >= 15 is 0 Å².